The first-order valence-corrected chi connectivity index (χ1v) is 11.4. The van der Waals surface area contributed by atoms with Crippen molar-refractivity contribution in [1.29, 1.82) is 0 Å². The maximum Gasteiger partial charge on any atom is 0.325 e. The van der Waals surface area contributed by atoms with Crippen LogP contribution in [-0.2, 0) is 11.3 Å². The van der Waals surface area contributed by atoms with Crippen molar-refractivity contribution < 1.29 is 18.8 Å². The highest BCUT2D eigenvalue weighted by Crippen LogP contribution is 2.34. The van der Waals surface area contributed by atoms with Gasteiger partial charge in [-0.05, 0) is 68.5 Å². The molecule has 2 aromatic carbocycles. The van der Waals surface area contributed by atoms with E-state index in [2.05, 4.69) is 15.3 Å². The van der Waals surface area contributed by atoms with E-state index in [-0.39, 0.29) is 30.1 Å². The van der Waals surface area contributed by atoms with Crippen LogP contribution in [0.15, 0.2) is 42.5 Å². The van der Waals surface area contributed by atoms with Crippen molar-refractivity contribution in [3.63, 3.8) is 0 Å². The topological polar surface area (TPSA) is 98.4 Å². The van der Waals surface area contributed by atoms with Gasteiger partial charge in [-0.25, -0.2) is 14.2 Å². The second-order valence-corrected chi connectivity index (χ2v) is 9.27. The Labute approximate surface area is 196 Å². The Morgan fingerprint density at radius 1 is 1.15 bits per heavy atom. The molecule has 1 aromatic heterocycles. The van der Waals surface area contributed by atoms with Gasteiger partial charge < -0.3 is 15.2 Å². The summed E-state index contributed by atoms with van der Waals surface area (Å²) in [7, 11) is 0. The number of imide groups is 1. The summed E-state index contributed by atoms with van der Waals surface area (Å²) in [5.41, 5.74) is 1.89. The number of likely N-dealkylation sites (tertiary alicyclic amines) is 1. The fraction of sp³-hybridized carbons (Fsp3) is 0.360. The van der Waals surface area contributed by atoms with Gasteiger partial charge in [0.2, 0.25) is 0 Å². The molecule has 2 fully saturated rings. The minimum Gasteiger partial charge on any atom is -0.342 e. The second-order valence-electron chi connectivity index (χ2n) is 9.27. The van der Waals surface area contributed by atoms with E-state index in [4.69, 9.17) is 0 Å². The van der Waals surface area contributed by atoms with E-state index in [1.165, 1.54) is 17.0 Å². The van der Waals surface area contributed by atoms with Crippen LogP contribution in [0.25, 0.3) is 11.0 Å². The van der Waals surface area contributed by atoms with Crippen molar-refractivity contribution in [2.45, 2.75) is 38.8 Å². The van der Waals surface area contributed by atoms with Gasteiger partial charge in [0.05, 0.1) is 17.6 Å². The Morgan fingerprint density at radius 3 is 2.56 bits per heavy atom. The molecule has 34 heavy (non-hydrogen) atoms. The lowest BCUT2D eigenvalue weighted by Gasteiger charge is -2.39. The zero-order valence-corrected chi connectivity index (χ0v) is 19.1. The third-order valence-corrected chi connectivity index (χ3v) is 7.00. The molecular formula is C25H26FN5O3. The summed E-state index contributed by atoms with van der Waals surface area (Å²) in [5.74, 6) is -0.00907. The molecular weight excluding hydrogens is 437 g/mol. The molecule has 0 bridgehead atoms. The van der Waals surface area contributed by atoms with Gasteiger partial charge in [-0.15, -0.1) is 0 Å². The quantitative estimate of drug-likeness (QED) is 0.580. The van der Waals surface area contributed by atoms with Crippen molar-refractivity contribution in [2.75, 3.05) is 13.1 Å². The summed E-state index contributed by atoms with van der Waals surface area (Å²) >= 11 is 0. The molecule has 3 heterocycles. The number of H-pyrrole nitrogens is 1. The first-order chi connectivity index (χ1) is 16.2. The molecule has 9 heteroatoms. The average Bonchev–Trinajstić information content (AvgIpc) is 3.31. The van der Waals surface area contributed by atoms with Crippen LogP contribution >= 0.6 is 0 Å². The van der Waals surface area contributed by atoms with Crippen LogP contribution in [-0.4, -0.2) is 56.2 Å². The fourth-order valence-corrected chi connectivity index (χ4v) is 5.02. The lowest BCUT2D eigenvalue weighted by molar-refractivity contribution is -0.133. The maximum absolute atomic E-state index is 13.3. The molecule has 2 N–H and O–H groups in total. The molecule has 2 saturated heterocycles. The molecule has 2 aliphatic rings. The van der Waals surface area contributed by atoms with Gasteiger partial charge in [-0.2, -0.15) is 0 Å². The molecule has 4 amide bonds. The Balaban J connectivity index is 1.25. The Hall–Kier alpha value is -3.75. The highest BCUT2D eigenvalue weighted by molar-refractivity contribution is 6.07. The Morgan fingerprint density at radius 2 is 1.85 bits per heavy atom. The molecule has 5 rings (SSSR count). The predicted octanol–water partition coefficient (Wildman–Crippen LogP) is 3.37. The number of fused-ring (bicyclic) bond motifs is 1. The number of carbonyl (C=O) groups is 3. The highest BCUT2D eigenvalue weighted by Gasteiger charge is 2.52. The SMILES string of the molecule is Cc1nc2ccc(C(=O)N3CCC([C@]4(C)NC(=O)N(Cc5ccc(F)cc5)C4=O)CC3)cc2[nH]1. The zero-order valence-electron chi connectivity index (χ0n) is 19.1. The van der Waals surface area contributed by atoms with Crippen LogP contribution in [0.1, 0.15) is 41.5 Å². The van der Waals surface area contributed by atoms with Crippen LogP contribution in [0.4, 0.5) is 9.18 Å². The van der Waals surface area contributed by atoms with Crippen molar-refractivity contribution in [3.05, 3.63) is 65.2 Å². The summed E-state index contributed by atoms with van der Waals surface area (Å²) in [5, 5.41) is 2.88. The largest absolute Gasteiger partial charge is 0.342 e. The standard InChI is InChI=1S/C25H26FN5O3/c1-15-27-20-8-5-17(13-21(20)28-15)22(32)30-11-9-18(10-12-30)25(2)23(33)31(24(34)29-25)14-16-3-6-19(26)7-4-16/h3-8,13,18H,9-12,14H2,1-2H3,(H,27,28)(H,29,34)/t25-/m0/s1. The third kappa shape index (κ3) is 3.81. The molecule has 3 aromatic rings. The summed E-state index contributed by atoms with van der Waals surface area (Å²) < 4.78 is 13.2. The molecule has 0 unspecified atom stereocenters. The van der Waals surface area contributed by atoms with E-state index >= 15 is 0 Å². The number of aromatic amines is 1. The van der Waals surface area contributed by atoms with Gasteiger partial charge >= 0.3 is 6.03 Å². The second kappa shape index (κ2) is 8.23. The lowest BCUT2D eigenvalue weighted by atomic mass is 9.78. The van der Waals surface area contributed by atoms with Crippen molar-refractivity contribution in [3.8, 4) is 0 Å². The van der Waals surface area contributed by atoms with Gasteiger partial charge in [0, 0.05) is 18.7 Å². The summed E-state index contributed by atoms with van der Waals surface area (Å²) in [6, 6.07) is 10.7. The number of imidazole rings is 1. The van der Waals surface area contributed by atoms with E-state index in [0.717, 1.165) is 16.9 Å². The number of aryl methyl sites for hydroxylation is 1. The number of halogens is 1. The van der Waals surface area contributed by atoms with Crippen LogP contribution in [0.2, 0.25) is 0 Å². The van der Waals surface area contributed by atoms with Gasteiger partial charge in [0.25, 0.3) is 11.8 Å². The predicted molar refractivity (Wildman–Crippen MR) is 123 cm³/mol. The number of hydrogen-bond donors (Lipinski definition) is 2. The highest BCUT2D eigenvalue weighted by atomic mass is 19.1. The molecule has 0 spiro atoms. The van der Waals surface area contributed by atoms with Gasteiger partial charge in [-0.3, -0.25) is 14.5 Å². The maximum atomic E-state index is 13.3. The van der Waals surface area contributed by atoms with Crippen molar-refractivity contribution >= 4 is 28.9 Å². The zero-order chi connectivity index (χ0) is 24.0. The number of nitrogens with one attached hydrogen (secondary N) is 2. The number of carbonyl (C=O) groups excluding carboxylic acids is 3. The summed E-state index contributed by atoms with van der Waals surface area (Å²) in [4.78, 5) is 49.5. The molecule has 8 nitrogen and oxygen atoms in total. The van der Waals surface area contributed by atoms with Gasteiger partial charge in [-0.1, -0.05) is 12.1 Å². The van der Waals surface area contributed by atoms with Crippen LogP contribution in [0, 0.1) is 18.7 Å². The van der Waals surface area contributed by atoms with E-state index in [1.807, 2.05) is 19.1 Å². The van der Waals surface area contributed by atoms with E-state index in [0.29, 0.717) is 37.1 Å². The summed E-state index contributed by atoms with van der Waals surface area (Å²) in [6.07, 6.45) is 1.20. The van der Waals surface area contributed by atoms with Crippen LogP contribution in [0.3, 0.4) is 0 Å². The van der Waals surface area contributed by atoms with E-state index in [1.54, 1.807) is 30.0 Å². The van der Waals surface area contributed by atoms with Crippen molar-refractivity contribution in [2.24, 2.45) is 5.92 Å². The van der Waals surface area contributed by atoms with E-state index < -0.39 is 11.6 Å². The number of urea groups is 1. The third-order valence-electron chi connectivity index (χ3n) is 7.00. The van der Waals surface area contributed by atoms with Gasteiger partial charge in [0.15, 0.2) is 0 Å². The van der Waals surface area contributed by atoms with E-state index in [9.17, 15) is 18.8 Å². The molecule has 0 saturated carbocycles. The van der Waals surface area contributed by atoms with Gasteiger partial charge in [0.1, 0.15) is 17.2 Å². The average molecular weight is 464 g/mol. The monoisotopic (exact) mass is 463 g/mol. The normalized spacial score (nSPS) is 21.4. The molecule has 176 valence electrons. The number of hydrogen-bond acceptors (Lipinski definition) is 4. The molecule has 0 aliphatic carbocycles. The summed E-state index contributed by atoms with van der Waals surface area (Å²) in [6.45, 7) is 4.72. The minimum atomic E-state index is -1.03. The van der Waals surface area contributed by atoms with Crippen molar-refractivity contribution in [1.82, 2.24) is 25.1 Å². The number of benzene rings is 2. The Kier molecular flexibility index (Phi) is 5.34. The number of piperidine rings is 1. The molecule has 2 aliphatic heterocycles. The number of nitrogens with zero attached hydrogens (tertiary/aromatic N) is 3. The molecule has 1 atom stereocenters. The number of aromatic nitrogens is 2. The smallest absolute Gasteiger partial charge is 0.325 e. The fourth-order valence-electron chi connectivity index (χ4n) is 5.02. The number of amides is 4. The lowest BCUT2D eigenvalue weighted by Crippen LogP contribution is -2.54. The van der Waals surface area contributed by atoms with Crippen LogP contribution in [0.5, 0.6) is 0 Å². The Bertz CT molecular complexity index is 1280. The minimum absolute atomic E-state index is 0.0579. The first-order valence-electron chi connectivity index (χ1n) is 11.4. The van der Waals surface area contributed by atoms with Crippen LogP contribution < -0.4 is 5.32 Å². The number of rotatable bonds is 4. The first kappa shape index (κ1) is 22.1. The molecule has 0 radical (unpaired) electrons.